The molecule has 0 saturated heterocycles. The van der Waals surface area contributed by atoms with Gasteiger partial charge in [0.1, 0.15) is 17.7 Å². The number of hydrogen-bond donors (Lipinski definition) is 1. The number of hydrogen-bond acceptors (Lipinski definition) is 5. The molecule has 1 aromatic heterocycles. The summed E-state index contributed by atoms with van der Waals surface area (Å²) >= 11 is 0.528. The minimum atomic E-state index is -4.46. The molecule has 0 spiro atoms. The second kappa shape index (κ2) is 6.29. The van der Waals surface area contributed by atoms with Crippen molar-refractivity contribution in [1.82, 2.24) is 4.98 Å². The molecule has 0 aliphatic heterocycles. The summed E-state index contributed by atoms with van der Waals surface area (Å²) in [5.41, 5.74) is 1.13. The SMILES string of the molecule is N#CC(C#N)=CNc1cccc(-c2csc(C(F)(F)F)n2)c1. The van der Waals surface area contributed by atoms with E-state index in [4.69, 9.17) is 10.5 Å². The molecule has 0 atom stereocenters. The van der Waals surface area contributed by atoms with E-state index in [2.05, 4.69) is 10.3 Å². The van der Waals surface area contributed by atoms with Crippen LogP contribution in [0.3, 0.4) is 0 Å². The number of nitrogens with zero attached hydrogens (tertiary/aromatic N) is 3. The number of halogens is 3. The minimum Gasteiger partial charge on any atom is -0.360 e. The van der Waals surface area contributed by atoms with Gasteiger partial charge in [-0.05, 0) is 12.1 Å². The third-order valence-electron chi connectivity index (χ3n) is 2.53. The van der Waals surface area contributed by atoms with Crippen molar-refractivity contribution in [3.05, 3.63) is 46.4 Å². The molecule has 2 rings (SSSR count). The molecule has 0 radical (unpaired) electrons. The first-order valence-corrected chi connectivity index (χ1v) is 6.72. The van der Waals surface area contributed by atoms with Gasteiger partial charge in [0, 0.05) is 22.8 Å². The molecule has 0 saturated carbocycles. The van der Waals surface area contributed by atoms with Gasteiger partial charge in [0.2, 0.25) is 0 Å². The van der Waals surface area contributed by atoms with E-state index in [1.807, 2.05) is 0 Å². The summed E-state index contributed by atoms with van der Waals surface area (Å²) in [6, 6.07) is 9.88. The van der Waals surface area contributed by atoms with Gasteiger partial charge in [0.25, 0.3) is 0 Å². The fourth-order valence-corrected chi connectivity index (χ4v) is 2.25. The Morgan fingerprint density at radius 3 is 2.59 bits per heavy atom. The molecule has 0 fully saturated rings. The summed E-state index contributed by atoms with van der Waals surface area (Å²) in [4.78, 5) is 3.57. The topological polar surface area (TPSA) is 72.5 Å². The average Bonchev–Trinajstić information content (AvgIpc) is 2.99. The molecule has 22 heavy (non-hydrogen) atoms. The lowest BCUT2D eigenvalue weighted by Crippen LogP contribution is -2.03. The standard InChI is InChI=1S/C14H7F3N4S/c15-14(16,17)13-21-12(8-22-13)10-2-1-3-11(4-10)20-7-9(5-18)6-19/h1-4,7-8,20H. The summed E-state index contributed by atoms with van der Waals surface area (Å²) < 4.78 is 37.7. The van der Waals surface area contributed by atoms with Crippen LogP contribution < -0.4 is 5.32 Å². The fraction of sp³-hybridized carbons (Fsp3) is 0.0714. The summed E-state index contributed by atoms with van der Waals surface area (Å²) in [5, 5.41) is 20.4. The molecule has 0 bridgehead atoms. The van der Waals surface area contributed by atoms with Crippen LogP contribution in [-0.2, 0) is 6.18 Å². The number of nitriles is 2. The molecule has 0 amide bonds. The lowest BCUT2D eigenvalue weighted by molar-refractivity contribution is -0.137. The average molecular weight is 320 g/mol. The number of benzene rings is 1. The third kappa shape index (κ3) is 3.62. The van der Waals surface area contributed by atoms with Gasteiger partial charge in [0.15, 0.2) is 5.01 Å². The Balaban J connectivity index is 2.26. The summed E-state index contributed by atoms with van der Waals surface area (Å²) in [5.74, 6) is 0. The van der Waals surface area contributed by atoms with Gasteiger partial charge in [-0.1, -0.05) is 12.1 Å². The van der Waals surface area contributed by atoms with Gasteiger partial charge in [-0.15, -0.1) is 11.3 Å². The quantitative estimate of drug-likeness (QED) is 0.861. The van der Waals surface area contributed by atoms with Crippen molar-refractivity contribution in [2.24, 2.45) is 0 Å². The van der Waals surface area contributed by atoms with Crippen molar-refractivity contribution in [2.75, 3.05) is 5.32 Å². The Hall–Kier alpha value is -2.84. The number of nitrogens with one attached hydrogen (secondary N) is 1. The molecule has 2 aromatic rings. The summed E-state index contributed by atoms with van der Waals surface area (Å²) in [6.07, 6.45) is -3.24. The minimum absolute atomic E-state index is 0.113. The molecular weight excluding hydrogens is 313 g/mol. The lowest BCUT2D eigenvalue weighted by atomic mass is 10.1. The van der Waals surface area contributed by atoms with Crippen LogP contribution in [-0.4, -0.2) is 4.98 Å². The van der Waals surface area contributed by atoms with E-state index >= 15 is 0 Å². The molecule has 1 heterocycles. The van der Waals surface area contributed by atoms with Crippen molar-refractivity contribution < 1.29 is 13.2 Å². The number of alkyl halides is 3. The normalized spacial score (nSPS) is 10.4. The van der Waals surface area contributed by atoms with Gasteiger partial charge in [-0.3, -0.25) is 0 Å². The first kappa shape index (κ1) is 15.5. The fourth-order valence-electron chi connectivity index (χ4n) is 1.55. The maximum atomic E-state index is 12.6. The van der Waals surface area contributed by atoms with Crippen molar-refractivity contribution in [3.8, 4) is 23.4 Å². The highest BCUT2D eigenvalue weighted by molar-refractivity contribution is 7.10. The molecule has 1 N–H and O–H groups in total. The Morgan fingerprint density at radius 1 is 1.27 bits per heavy atom. The Kier molecular flexibility index (Phi) is 4.44. The summed E-state index contributed by atoms with van der Waals surface area (Å²) in [7, 11) is 0. The number of thiazole rings is 1. The van der Waals surface area contributed by atoms with E-state index in [1.165, 1.54) is 11.6 Å². The molecule has 4 nitrogen and oxygen atoms in total. The van der Waals surface area contributed by atoms with Gasteiger partial charge in [-0.2, -0.15) is 23.7 Å². The maximum absolute atomic E-state index is 12.6. The number of anilines is 1. The largest absolute Gasteiger partial charge is 0.443 e. The second-order valence-electron chi connectivity index (χ2n) is 4.04. The van der Waals surface area contributed by atoms with Gasteiger partial charge in [0.05, 0.1) is 5.69 Å². The van der Waals surface area contributed by atoms with Crippen LogP contribution in [0.4, 0.5) is 18.9 Å². The van der Waals surface area contributed by atoms with E-state index < -0.39 is 11.2 Å². The Bertz CT molecular complexity index is 777. The predicted molar refractivity (Wildman–Crippen MR) is 75.5 cm³/mol. The third-order valence-corrected chi connectivity index (χ3v) is 3.42. The van der Waals surface area contributed by atoms with Gasteiger partial charge in [-0.25, -0.2) is 4.98 Å². The molecule has 0 unspecified atom stereocenters. The zero-order valence-corrected chi connectivity index (χ0v) is 11.7. The van der Waals surface area contributed by atoms with Gasteiger partial charge < -0.3 is 5.32 Å². The first-order valence-electron chi connectivity index (χ1n) is 5.84. The molecule has 1 aromatic carbocycles. The predicted octanol–water partition coefficient (Wildman–Crippen LogP) is 4.17. The lowest BCUT2D eigenvalue weighted by Gasteiger charge is -2.03. The van der Waals surface area contributed by atoms with E-state index in [-0.39, 0.29) is 11.3 Å². The van der Waals surface area contributed by atoms with E-state index in [0.717, 1.165) is 0 Å². The van der Waals surface area contributed by atoms with Crippen molar-refractivity contribution in [3.63, 3.8) is 0 Å². The molecule has 0 aliphatic rings. The van der Waals surface area contributed by atoms with Crippen molar-refractivity contribution in [1.29, 1.82) is 10.5 Å². The number of allylic oxidation sites excluding steroid dienone is 1. The molecule has 0 aliphatic carbocycles. The first-order chi connectivity index (χ1) is 10.4. The zero-order valence-electron chi connectivity index (χ0n) is 10.8. The number of aromatic nitrogens is 1. The Labute approximate surface area is 127 Å². The van der Waals surface area contributed by atoms with E-state index in [0.29, 0.717) is 22.6 Å². The van der Waals surface area contributed by atoms with E-state index in [9.17, 15) is 13.2 Å². The molecular formula is C14H7F3N4S. The highest BCUT2D eigenvalue weighted by Crippen LogP contribution is 2.34. The number of rotatable bonds is 3. The van der Waals surface area contributed by atoms with Crippen LogP contribution in [0, 0.1) is 22.7 Å². The van der Waals surface area contributed by atoms with Crippen LogP contribution in [0.25, 0.3) is 11.3 Å². The highest BCUT2D eigenvalue weighted by atomic mass is 32.1. The van der Waals surface area contributed by atoms with Crippen LogP contribution in [0.15, 0.2) is 41.4 Å². The van der Waals surface area contributed by atoms with Crippen molar-refractivity contribution in [2.45, 2.75) is 6.18 Å². The highest BCUT2D eigenvalue weighted by Gasteiger charge is 2.34. The smallest absolute Gasteiger partial charge is 0.360 e. The van der Waals surface area contributed by atoms with Crippen molar-refractivity contribution >= 4 is 17.0 Å². The van der Waals surface area contributed by atoms with Gasteiger partial charge >= 0.3 is 6.18 Å². The monoisotopic (exact) mass is 320 g/mol. The van der Waals surface area contributed by atoms with Crippen LogP contribution in [0.2, 0.25) is 0 Å². The summed E-state index contributed by atoms with van der Waals surface area (Å²) in [6.45, 7) is 0. The Morgan fingerprint density at radius 2 is 2.00 bits per heavy atom. The van der Waals surface area contributed by atoms with Crippen LogP contribution in [0.1, 0.15) is 5.01 Å². The van der Waals surface area contributed by atoms with Crippen LogP contribution in [0.5, 0.6) is 0 Å². The zero-order chi connectivity index (χ0) is 16.2. The second-order valence-corrected chi connectivity index (χ2v) is 4.90. The molecule has 110 valence electrons. The maximum Gasteiger partial charge on any atom is 0.443 e. The van der Waals surface area contributed by atoms with E-state index in [1.54, 1.807) is 36.4 Å². The van der Waals surface area contributed by atoms with Crippen LogP contribution >= 0.6 is 11.3 Å². The molecule has 8 heteroatoms.